The number of methoxy groups -OCH3 is 1. The number of pyridine rings is 1. The highest BCUT2D eigenvalue weighted by atomic mass is 35.5. The van der Waals surface area contributed by atoms with Crippen LogP contribution in [0, 0.1) is 5.82 Å². The number of hydrogen-bond acceptors (Lipinski definition) is 2. The van der Waals surface area contributed by atoms with Gasteiger partial charge in [-0.2, -0.15) is 0 Å². The zero-order valence-electron chi connectivity index (χ0n) is 8.81. The molecule has 0 fully saturated rings. The standard InChI is InChI=1S/C11H8Cl2FNO2/c1-17-4-5-2-8(16)9-7(15-5)3-6(12)11(14)10(9)13/h2-3H,4H2,1H3,(H,15,16). The van der Waals surface area contributed by atoms with E-state index in [1.54, 1.807) is 0 Å². The number of ether oxygens (including phenoxy) is 1. The number of halogens is 3. The predicted molar refractivity (Wildman–Crippen MR) is 65.3 cm³/mol. The third-order valence-electron chi connectivity index (χ3n) is 2.31. The number of fused-ring (bicyclic) bond motifs is 1. The molecule has 90 valence electrons. The lowest BCUT2D eigenvalue weighted by atomic mass is 10.2. The van der Waals surface area contributed by atoms with Crippen molar-refractivity contribution in [1.29, 1.82) is 0 Å². The number of hydrogen-bond donors (Lipinski definition) is 1. The van der Waals surface area contributed by atoms with Gasteiger partial charge in [0.15, 0.2) is 11.2 Å². The molecule has 0 saturated carbocycles. The first kappa shape index (κ1) is 12.4. The van der Waals surface area contributed by atoms with Gasteiger partial charge < -0.3 is 9.72 Å². The van der Waals surface area contributed by atoms with Gasteiger partial charge >= 0.3 is 0 Å². The Bertz CT molecular complexity index is 639. The van der Waals surface area contributed by atoms with Crippen LogP contribution in [0.1, 0.15) is 5.69 Å². The van der Waals surface area contributed by atoms with Crippen molar-refractivity contribution >= 4 is 34.1 Å². The minimum absolute atomic E-state index is 0.0911. The number of aromatic nitrogens is 1. The number of nitrogens with one attached hydrogen (secondary N) is 1. The van der Waals surface area contributed by atoms with E-state index < -0.39 is 5.82 Å². The van der Waals surface area contributed by atoms with Crippen LogP contribution in [-0.2, 0) is 11.3 Å². The summed E-state index contributed by atoms with van der Waals surface area (Å²) in [6, 6.07) is 2.66. The molecule has 0 unspecified atom stereocenters. The molecule has 0 atom stereocenters. The fourth-order valence-corrected chi connectivity index (χ4v) is 2.16. The average molecular weight is 276 g/mol. The van der Waals surface area contributed by atoms with Crippen molar-refractivity contribution in [3.8, 4) is 0 Å². The van der Waals surface area contributed by atoms with Gasteiger partial charge in [-0.15, -0.1) is 0 Å². The molecule has 3 nitrogen and oxygen atoms in total. The van der Waals surface area contributed by atoms with Gasteiger partial charge in [-0.3, -0.25) is 4.79 Å². The summed E-state index contributed by atoms with van der Waals surface area (Å²) in [5, 5.41) is -0.307. The molecule has 1 heterocycles. The van der Waals surface area contributed by atoms with Crippen LogP contribution in [-0.4, -0.2) is 12.1 Å². The highest BCUT2D eigenvalue weighted by molar-refractivity contribution is 6.38. The van der Waals surface area contributed by atoms with Crippen LogP contribution >= 0.6 is 23.2 Å². The highest BCUT2D eigenvalue weighted by Gasteiger charge is 2.14. The van der Waals surface area contributed by atoms with E-state index in [0.29, 0.717) is 11.2 Å². The van der Waals surface area contributed by atoms with Crippen molar-refractivity contribution < 1.29 is 9.13 Å². The van der Waals surface area contributed by atoms with E-state index in [9.17, 15) is 9.18 Å². The normalized spacial score (nSPS) is 11.1. The van der Waals surface area contributed by atoms with E-state index in [0.717, 1.165) is 0 Å². The lowest BCUT2D eigenvalue weighted by Crippen LogP contribution is -2.07. The summed E-state index contributed by atoms with van der Waals surface area (Å²) < 4.78 is 18.4. The molecule has 0 aliphatic heterocycles. The Morgan fingerprint density at radius 3 is 2.76 bits per heavy atom. The summed E-state index contributed by atoms with van der Waals surface area (Å²) in [7, 11) is 1.51. The summed E-state index contributed by atoms with van der Waals surface area (Å²) in [5.74, 6) is -0.786. The second-order valence-electron chi connectivity index (χ2n) is 3.50. The molecular formula is C11H8Cl2FNO2. The van der Waals surface area contributed by atoms with Crippen LogP contribution in [0.2, 0.25) is 10.0 Å². The van der Waals surface area contributed by atoms with E-state index in [-0.39, 0.29) is 27.5 Å². The van der Waals surface area contributed by atoms with Crippen molar-refractivity contribution in [3.63, 3.8) is 0 Å². The van der Waals surface area contributed by atoms with E-state index in [4.69, 9.17) is 27.9 Å². The number of benzene rings is 1. The predicted octanol–water partition coefficient (Wildman–Crippen LogP) is 3.12. The molecule has 1 aromatic carbocycles. The minimum atomic E-state index is -0.786. The third kappa shape index (κ3) is 2.16. The Morgan fingerprint density at radius 1 is 1.41 bits per heavy atom. The van der Waals surface area contributed by atoms with Crippen LogP contribution in [0.3, 0.4) is 0 Å². The SMILES string of the molecule is COCc1cc(=O)c2c(Cl)c(F)c(Cl)cc2[nH]1. The van der Waals surface area contributed by atoms with Crippen LogP contribution < -0.4 is 5.43 Å². The van der Waals surface area contributed by atoms with Crippen molar-refractivity contribution in [1.82, 2.24) is 4.98 Å². The van der Waals surface area contributed by atoms with Gasteiger partial charge in [-0.25, -0.2) is 4.39 Å². The summed E-state index contributed by atoms with van der Waals surface area (Å²) in [5.41, 5.74) is 0.594. The molecule has 0 bridgehead atoms. The monoisotopic (exact) mass is 275 g/mol. The third-order valence-corrected chi connectivity index (χ3v) is 2.94. The summed E-state index contributed by atoms with van der Waals surface area (Å²) in [6.45, 7) is 0.248. The first-order chi connectivity index (χ1) is 8.04. The van der Waals surface area contributed by atoms with Crippen LogP contribution in [0.15, 0.2) is 16.9 Å². The molecule has 0 amide bonds. The Labute approximate surface area is 106 Å². The van der Waals surface area contributed by atoms with Crippen LogP contribution in [0.25, 0.3) is 10.9 Å². The molecule has 0 radical (unpaired) electrons. The minimum Gasteiger partial charge on any atom is -0.378 e. The lowest BCUT2D eigenvalue weighted by Gasteiger charge is -2.06. The molecule has 6 heteroatoms. The molecule has 17 heavy (non-hydrogen) atoms. The van der Waals surface area contributed by atoms with E-state index >= 15 is 0 Å². The topological polar surface area (TPSA) is 42.1 Å². The molecule has 0 aliphatic carbocycles. The Hall–Kier alpha value is -1.10. The van der Waals surface area contributed by atoms with Gasteiger partial charge in [0.25, 0.3) is 0 Å². The Morgan fingerprint density at radius 2 is 2.12 bits per heavy atom. The second-order valence-corrected chi connectivity index (χ2v) is 4.29. The van der Waals surface area contributed by atoms with E-state index in [2.05, 4.69) is 4.98 Å². The second kappa shape index (κ2) is 4.64. The van der Waals surface area contributed by atoms with Crippen LogP contribution in [0.5, 0.6) is 0 Å². The quantitative estimate of drug-likeness (QED) is 0.856. The van der Waals surface area contributed by atoms with Gasteiger partial charge in [0.05, 0.1) is 27.6 Å². The van der Waals surface area contributed by atoms with E-state index in [1.807, 2.05) is 0 Å². The molecule has 2 rings (SSSR count). The largest absolute Gasteiger partial charge is 0.378 e. The zero-order chi connectivity index (χ0) is 12.6. The number of H-pyrrole nitrogens is 1. The zero-order valence-corrected chi connectivity index (χ0v) is 10.3. The van der Waals surface area contributed by atoms with Gasteiger partial charge in [0.2, 0.25) is 0 Å². The Kier molecular flexibility index (Phi) is 3.38. The van der Waals surface area contributed by atoms with E-state index in [1.165, 1.54) is 19.2 Å². The maximum Gasteiger partial charge on any atom is 0.191 e. The summed E-state index contributed by atoms with van der Waals surface area (Å²) in [4.78, 5) is 14.7. The first-order valence-corrected chi connectivity index (χ1v) is 5.48. The molecule has 0 spiro atoms. The maximum absolute atomic E-state index is 13.4. The smallest absolute Gasteiger partial charge is 0.191 e. The van der Waals surface area contributed by atoms with Crippen molar-refractivity contribution in [2.24, 2.45) is 0 Å². The lowest BCUT2D eigenvalue weighted by molar-refractivity contribution is 0.181. The molecule has 1 aromatic heterocycles. The highest BCUT2D eigenvalue weighted by Crippen LogP contribution is 2.29. The van der Waals surface area contributed by atoms with Crippen molar-refractivity contribution in [2.45, 2.75) is 6.61 Å². The first-order valence-electron chi connectivity index (χ1n) is 4.73. The van der Waals surface area contributed by atoms with Gasteiger partial charge in [-0.1, -0.05) is 23.2 Å². The molecule has 0 saturated heterocycles. The summed E-state index contributed by atoms with van der Waals surface area (Å²) in [6.07, 6.45) is 0. The maximum atomic E-state index is 13.4. The fourth-order valence-electron chi connectivity index (χ4n) is 1.61. The average Bonchev–Trinajstić information content (AvgIpc) is 2.25. The Balaban J connectivity index is 2.82. The molecular weight excluding hydrogens is 268 g/mol. The molecule has 1 N–H and O–H groups in total. The molecule has 0 aliphatic rings. The van der Waals surface area contributed by atoms with Crippen molar-refractivity contribution in [3.05, 3.63) is 43.9 Å². The van der Waals surface area contributed by atoms with Gasteiger partial charge in [0, 0.05) is 18.9 Å². The van der Waals surface area contributed by atoms with Gasteiger partial charge in [-0.05, 0) is 6.07 Å². The fraction of sp³-hybridized carbons (Fsp3) is 0.182. The number of rotatable bonds is 2. The molecule has 2 aromatic rings. The van der Waals surface area contributed by atoms with Gasteiger partial charge in [0.1, 0.15) is 0 Å². The van der Waals surface area contributed by atoms with Crippen molar-refractivity contribution in [2.75, 3.05) is 7.11 Å². The van der Waals surface area contributed by atoms with Crippen LogP contribution in [0.4, 0.5) is 4.39 Å². The summed E-state index contributed by atoms with van der Waals surface area (Å²) >= 11 is 11.4. The number of aromatic amines is 1.